The van der Waals surface area contributed by atoms with Crippen LogP contribution in [0, 0.1) is 0 Å². The number of furan rings is 1. The average Bonchev–Trinajstić information content (AvgIpc) is 2.86. The van der Waals surface area contributed by atoms with Crippen LogP contribution in [0.15, 0.2) is 23.0 Å². The van der Waals surface area contributed by atoms with Gasteiger partial charge in [0.1, 0.15) is 6.26 Å². The van der Waals surface area contributed by atoms with Gasteiger partial charge in [0, 0.05) is 0 Å². The molecule has 0 aliphatic carbocycles. The molecule has 0 bridgehead atoms. The first-order chi connectivity index (χ1) is 7.20. The van der Waals surface area contributed by atoms with Gasteiger partial charge < -0.3 is 9.52 Å². The van der Waals surface area contributed by atoms with Crippen molar-refractivity contribution < 1.29 is 14.3 Å². The van der Waals surface area contributed by atoms with Crippen molar-refractivity contribution in [1.82, 2.24) is 20.2 Å². The van der Waals surface area contributed by atoms with Crippen LogP contribution < -0.4 is 0 Å². The first-order valence-corrected chi connectivity index (χ1v) is 4.23. The Bertz CT molecular complexity index is 462. The summed E-state index contributed by atoms with van der Waals surface area (Å²) in [5.74, 6) is -0.620. The first-order valence-electron chi connectivity index (χ1n) is 4.23. The van der Waals surface area contributed by atoms with Crippen LogP contribution in [0.1, 0.15) is 13.0 Å². The number of aromatic nitrogens is 4. The van der Waals surface area contributed by atoms with Gasteiger partial charge in [0.05, 0.1) is 11.8 Å². The highest BCUT2D eigenvalue weighted by atomic mass is 16.4. The van der Waals surface area contributed by atoms with Gasteiger partial charge in [-0.2, -0.15) is 0 Å². The highest BCUT2D eigenvalue weighted by Gasteiger charge is 2.20. The molecule has 0 fully saturated rings. The van der Waals surface area contributed by atoms with Gasteiger partial charge in [0.2, 0.25) is 0 Å². The molecule has 2 rings (SSSR count). The fourth-order valence-corrected chi connectivity index (χ4v) is 1.14. The molecule has 0 radical (unpaired) electrons. The molecule has 15 heavy (non-hydrogen) atoms. The highest BCUT2D eigenvalue weighted by Crippen LogP contribution is 2.18. The Hall–Kier alpha value is -2.18. The molecule has 1 atom stereocenters. The maximum Gasteiger partial charge on any atom is 0.328 e. The number of tetrazole rings is 1. The normalized spacial score (nSPS) is 12.6. The Labute approximate surface area is 84.3 Å². The van der Waals surface area contributed by atoms with Gasteiger partial charge >= 0.3 is 5.97 Å². The Morgan fingerprint density at radius 2 is 2.47 bits per heavy atom. The summed E-state index contributed by atoms with van der Waals surface area (Å²) in [6.07, 6.45) is 2.93. The van der Waals surface area contributed by atoms with Crippen molar-refractivity contribution in [1.29, 1.82) is 0 Å². The van der Waals surface area contributed by atoms with Crippen molar-refractivity contribution in [3.63, 3.8) is 0 Å². The van der Waals surface area contributed by atoms with Crippen molar-refractivity contribution in [3.05, 3.63) is 18.6 Å². The van der Waals surface area contributed by atoms with E-state index in [2.05, 4.69) is 15.5 Å². The fraction of sp³-hybridized carbons (Fsp3) is 0.250. The van der Waals surface area contributed by atoms with E-state index in [4.69, 9.17) is 9.52 Å². The molecule has 0 saturated heterocycles. The van der Waals surface area contributed by atoms with Crippen molar-refractivity contribution >= 4 is 5.97 Å². The van der Waals surface area contributed by atoms with Gasteiger partial charge in [-0.05, 0) is 23.4 Å². The summed E-state index contributed by atoms with van der Waals surface area (Å²) in [6, 6.07) is 0.849. The monoisotopic (exact) mass is 208 g/mol. The van der Waals surface area contributed by atoms with E-state index in [1.807, 2.05) is 0 Å². The minimum Gasteiger partial charge on any atom is -0.480 e. The molecular formula is C8H8N4O3. The third-order valence-electron chi connectivity index (χ3n) is 2.00. The molecule has 2 aromatic rings. The number of carboxylic acid groups (broad SMARTS) is 1. The molecule has 78 valence electrons. The van der Waals surface area contributed by atoms with Crippen LogP contribution in [0.4, 0.5) is 0 Å². The van der Waals surface area contributed by atoms with Crippen LogP contribution in [-0.2, 0) is 4.79 Å². The van der Waals surface area contributed by atoms with Crippen LogP contribution in [0.5, 0.6) is 0 Å². The second-order valence-corrected chi connectivity index (χ2v) is 2.97. The Morgan fingerprint density at radius 3 is 3.07 bits per heavy atom. The zero-order chi connectivity index (χ0) is 10.8. The number of rotatable bonds is 3. The van der Waals surface area contributed by atoms with E-state index in [0.29, 0.717) is 11.4 Å². The first kappa shape index (κ1) is 9.38. The quantitative estimate of drug-likeness (QED) is 0.792. The number of nitrogens with zero attached hydrogens (tertiary/aromatic N) is 4. The van der Waals surface area contributed by atoms with Gasteiger partial charge in [0.25, 0.3) is 0 Å². The zero-order valence-electron chi connectivity index (χ0n) is 7.86. The van der Waals surface area contributed by atoms with Crippen molar-refractivity contribution in [2.45, 2.75) is 13.0 Å². The Balaban J connectivity index is 2.43. The maximum atomic E-state index is 10.8. The third kappa shape index (κ3) is 1.58. The van der Waals surface area contributed by atoms with Crippen LogP contribution in [0.3, 0.4) is 0 Å². The maximum absolute atomic E-state index is 10.8. The lowest BCUT2D eigenvalue weighted by atomic mass is 10.3. The van der Waals surface area contributed by atoms with E-state index in [9.17, 15) is 4.79 Å². The molecule has 0 spiro atoms. The summed E-state index contributed by atoms with van der Waals surface area (Å²) >= 11 is 0. The van der Waals surface area contributed by atoms with Crippen LogP contribution in [0.25, 0.3) is 11.4 Å². The second-order valence-electron chi connectivity index (χ2n) is 2.97. The fourth-order valence-electron chi connectivity index (χ4n) is 1.14. The number of carbonyl (C=O) groups is 1. The topological polar surface area (TPSA) is 94.0 Å². The molecule has 7 heteroatoms. The van der Waals surface area contributed by atoms with Crippen molar-refractivity contribution in [2.24, 2.45) is 0 Å². The summed E-state index contributed by atoms with van der Waals surface area (Å²) in [7, 11) is 0. The molecule has 2 heterocycles. The van der Waals surface area contributed by atoms with Crippen LogP contribution in [0.2, 0.25) is 0 Å². The van der Waals surface area contributed by atoms with Gasteiger partial charge in [0.15, 0.2) is 11.9 Å². The van der Waals surface area contributed by atoms with E-state index < -0.39 is 12.0 Å². The minimum atomic E-state index is -0.993. The molecule has 0 saturated carbocycles. The second kappa shape index (κ2) is 3.52. The predicted octanol–water partition coefficient (Wildman–Crippen LogP) is 0.579. The summed E-state index contributed by atoms with van der Waals surface area (Å²) in [6.45, 7) is 1.50. The summed E-state index contributed by atoms with van der Waals surface area (Å²) < 4.78 is 6.11. The van der Waals surface area contributed by atoms with E-state index in [1.54, 1.807) is 6.07 Å². The SMILES string of the molecule is CC(C(=O)O)n1nnnc1-c1ccoc1. The van der Waals surface area contributed by atoms with Gasteiger partial charge in [-0.15, -0.1) is 5.10 Å². The Morgan fingerprint density at radius 1 is 1.67 bits per heavy atom. The number of carboxylic acids is 1. The molecule has 0 aromatic carbocycles. The van der Waals surface area contributed by atoms with Gasteiger partial charge in [-0.3, -0.25) is 0 Å². The molecule has 1 N–H and O–H groups in total. The van der Waals surface area contributed by atoms with E-state index in [0.717, 1.165) is 0 Å². The Kier molecular flexibility index (Phi) is 2.20. The zero-order valence-corrected chi connectivity index (χ0v) is 7.86. The largest absolute Gasteiger partial charge is 0.480 e. The molecule has 7 nitrogen and oxygen atoms in total. The molecule has 0 amide bonds. The van der Waals surface area contributed by atoms with E-state index in [1.165, 1.54) is 24.1 Å². The summed E-state index contributed by atoms with van der Waals surface area (Å²) in [5.41, 5.74) is 0.646. The van der Waals surface area contributed by atoms with Crippen LogP contribution in [-0.4, -0.2) is 31.3 Å². The van der Waals surface area contributed by atoms with Gasteiger partial charge in [-0.1, -0.05) is 0 Å². The van der Waals surface area contributed by atoms with Gasteiger partial charge in [-0.25, -0.2) is 9.48 Å². The van der Waals surface area contributed by atoms with E-state index >= 15 is 0 Å². The highest BCUT2D eigenvalue weighted by molar-refractivity contribution is 5.72. The smallest absolute Gasteiger partial charge is 0.328 e. The van der Waals surface area contributed by atoms with Crippen molar-refractivity contribution in [3.8, 4) is 11.4 Å². The molecule has 0 aliphatic heterocycles. The molecule has 1 unspecified atom stereocenters. The van der Waals surface area contributed by atoms with Crippen LogP contribution >= 0.6 is 0 Å². The summed E-state index contributed by atoms with van der Waals surface area (Å²) in [5, 5.41) is 19.6. The van der Waals surface area contributed by atoms with E-state index in [-0.39, 0.29) is 0 Å². The molecule has 0 aliphatic rings. The number of hydrogen-bond donors (Lipinski definition) is 1. The lowest BCUT2D eigenvalue weighted by molar-refractivity contribution is -0.140. The molecule has 2 aromatic heterocycles. The molecular weight excluding hydrogens is 200 g/mol. The standard InChI is InChI=1S/C8H8N4O3/c1-5(8(13)14)12-7(9-10-11-12)6-2-3-15-4-6/h2-5H,1H3,(H,13,14). The lowest BCUT2D eigenvalue weighted by Gasteiger charge is -2.06. The predicted molar refractivity (Wildman–Crippen MR) is 47.9 cm³/mol. The van der Waals surface area contributed by atoms with Crippen molar-refractivity contribution in [2.75, 3.05) is 0 Å². The summed E-state index contributed by atoms with van der Waals surface area (Å²) in [4.78, 5) is 10.8. The lowest BCUT2D eigenvalue weighted by Crippen LogP contribution is -2.17. The minimum absolute atomic E-state index is 0.374. The third-order valence-corrected chi connectivity index (χ3v) is 2.00. The number of hydrogen-bond acceptors (Lipinski definition) is 5. The number of aliphatic carboxylic acids is 1. The average molecular weight is 208 g/mol.